The van der Waals surface area contributed by atoms with E-state index in [0.29, 0.717) is 17.9 Å². The quantitative estimate of drug-likeness (QED) is 0.863. The lowest BCUT2D eigenvalue weighted by molar-refractivity contribution is 0.374. The summed E-state index contributed by atoms with van der Waals surface area (Å²) >= 11 is 7.61. The monoisotopic (exact) mass is 321 g/mol. The van der Waals surface area contributed by atoms with Gasteiger partial charge in [0, 0.05) is 17.5 Å². The van der Waals surface area contributed by atoms with Crippen LogP contribution < -0.4 is 5.32 Å². The predicted octanol–water partition coefficient (Wildman–Crippen LogP) is 4.75. The van der Waals surface area contributed by atoms with Crippen LogP contribution in [-0.4, -0.2) is 16.2 Å². The number of hydrogen-bond acceptors (Lipinski definition) is 4. The van der Waals surface area contributed by atoms with Gasteiger partial charge in [0.2, 0.25) is 5.13 Å². The average Bonchev–Trinajstić information content (AvgIpc) is 2.81. The molecule has 0 aliphatic heterocycles. The second-order valence-electron chi connectivity index (χ2n) is 6.16. The summed E-state index contributed by atoms with van der Waals surface area (Å²) in [7, 11) is 0. The first-order valence-corrected chi connectivity index (χ1v) is 8.64. The minimum atomic E-state index is 0.519. The smallest absolute Gasteiger partial charge is 0.205 e. The Morgan fingerprint density at radius 1 is 1.24 bits per heavy atom. The van der Waals surface area contributed by atoms with Crippen LogP contribution in [0, 0.1) is 5.92 Å². The third-order valence-corrected chi connectivity index (χ3v) is 4.99. The molecule has 1 heterocycles. The van der Waals surface area contributed by atoms with Crippen molar-refractivity contribution in [2.45, 2.75) is 45.1 Å². The van der Waals surface area contributed by atoms with Crippen LogP contribution in [0.2, 0.25) is 5.02 Å². The fraction of sp³-hybridized carbons (Fsp3) is 0.500. The van der Waals surface area contributed by atoms with Crippen LogP contribution in [-0.2, 0) is 6.42 Å². The molecule has 1 N–H and O–H groups in total. The molecule has 21 heavy (non-hydrogen) atoms. The van der Waals surface area contributed by atoms with Gasteiger partial charge in [0.15, 0.2) is 0 Å². The van der Waals surface area contributed by atoms with Gasteiger partial charge < -0.3 is 5.32 Å². The van der Waals surface area contributed by atoms with E-state index >= 15 is 0 Å². The Balaban J connectivity index is 1.50. The Kier molecular flexibility index (Phi) is 4.45. The highest BCUT2D eigenvalue weighted by atomic mass is 35.5. The molecule has 1 aliphatic carbocycles. The van der Waals surface area contributed by atoms with Gasteiger partial charge in [0.25, 0.3) is 0 Å². The van der Waals surface area contributed by atoms with Gasteiger partial charge in [-0.3, -0.25) is 0 Å². The van der Waals surface area contributed by atoms with E-state index in [2.05, 4.69) is 41.5 Å². The van der Waals surface area contributed by atoms with E-state index in [1.54, 1.807) is 11.3 Å². The van der Waals surface area contributed by atoms with Crippen molar-refractivity contribution >= 4 is 28.1 Å². The number of nitrogens with zero attached hydrogens (tertiary/aromatic N) is 2. The third-order valence-electron chi connectivity index (χ3n) is 3.86. The highest BCUT2D eigenvalue weighted by Gasteiger charge is 2.30. The van der Waals surface area contributed by atoms with Crippen molar-refractivity contribution in [3.05, 3.63) is 39.9 Å². The third kappa shape index (κ3) is 3.74. The molecular formula is C16H20ClN3S. The maximum Gasteiger partial charge on any atom is 0.205 e. The Morgan fingerprint density at radius 3 is 2.62 bits per heavy atom. The molecule has 112 valence electrons. The van der Waals surface area contributed by atoms with Gasteiger partial charge in [0.1, 0.15) is 5.01 Å². The van der Waals surface area contributed by atoms with Crippen molar-refractivity contribution in [2.75, 3.05) is 5.32 Å². The normalized spacial score (nSPS) is 21.3. The molecule has 1 aromatic heterocycles. The topological polar surface area (TPSA) is 37.8 Å². The molecule has 0 amide bonds. The number of halogens is 1. The van der Waals surface area contributed by atoms with Crippen molar-refractivity contribution in [3.8, 4) is 0 Å². The molecule has 1 saturated carbocycles. The fourth-order valence-electron chi connectivity index (χ4n) is 2.66. The van der Waals surface area contributed by atoms with Crippen LogP contribution in [0.15, 0.2) is 24.3 Å². The maximum absolute atomic E-state index is 5.93. The Hall–Kier alpha value is -1.13. The number of rotatable bonds is 5. The lowest BCUT2D eigenvalue weighted by Gasteiger charge is -2.36. The molecular weight excluding hydrogens is 302 g/mol. The first-order chi connectivity index (χ1) is 10.1. The van der Waals surface area contributed by atoms with Crippen molar-refractivity contribution < 1.29 is 0 Å². The van der Waals surface area contributed by atoms with Gasteiger partial charge in [-0.2, -0.15) is 0 Å². The molecule has 1 aliphatic rings. The molecule has 0 spiro atoms. The summed E-state index contributed by atoms with van der Waals surface area (Å²) < 4.78 is 0. The summed E-state index contributed by atoms with van der Waals surface area (Å²) in [6.07, 6.45) is 3.32. The SMILES string of the molecule is CC(C)Cc1nnc(NC2CC(c3ccc(Cl)cc3)C2)s1. The molecule has 2 aromatic rings. The lowest BCUT2D eigenvalue weighted by atomic mass is 9.76. The van der Waals surface area contributed by atoms with Gasteiger partial charge in [-0.15, -0.1) is 10.2 Å². The summed E-state index contributed by atoms with van der Waals surface area (Å²) in [5.41, 5.74) is 1.38. The van der Waals surface area contributed by atoms with Crippen LogP contribution in [0.1, 0.15) is 43.2 Å². The zero-order valence-electron chi connectivity index (χ0n) is 12.3. The van der Waals surface area contributed by atoms with Crippen LogP contribution in [0.3, 0.4) is 0 Å². The molecule has 3 rings (SSSR count). The Morgan fingerprint density at radius 2 is 1.95 bits per heavy atom. The summed E-state index contributed by atoms with van der Waals surface area (Å²) in [4.78, 5) is 0. The van der Waals surface area contributed by atoms with E-state index in [1.807, 2.05) is 12.1 Å². The van der Waals surface area contributed by atoms with Crippen molar-refractivity contribution in [2.24, 2.45) is 5.92 Å². The summed E-state index contributed by atoms with van der Waals surface area (Å²) in [6.45, 7) is 4.41. The molecule has 0 radical (unpaired) electrons. The number of benzene rings is 1. The fourth-order valence-corrected chi connectivity index (χ4v) is 3.82. The maximum atomic E-state index is 5.93. The second-order valence-corrected chi connectivity index (χ2v) is 7.66. The van der Waals surface area contributed by atoms with Gasteiger partial charge in [-0.25, -0.2) is 0 Å². The summed E-state index contributed by atoms with van der Waals surface area (Å²) in [6, 6.07) is 8.73. The highest BCUT2D eigenvalue weighted by Crippen LogP contribution is 2.39. The van der Waals surface area contributed by atoms with Gasteiger partial charge in [-0.05, 0) is 42.4 Å². The average molecular weight is 322 g/mol. The Bertz CT molecular complexity index is 588. The molecule has 1 fully saturated rings. The zero-order chi connectivity index (χ0) is 14.8. The van der Waals surface area contributed by atoms with Gasteiger partial charge in [-0.1, -0.05) is 48.9 Å². The zero-order valence-corrected chi connectivity index (χ0v) is 13.9. The predicted molar refractivity (Wildman–Crippen MR) is 89.3 cm³/mol. The first-order valence-electron chi connectivity index (χ1n) is 7.44. The van der Waals surface area contributed by atoms with Gasteiger partial charge in [0.05, 0.1) is 0 Å². The van der Waals surface area contributed by atoms with E-state index in [1.165, 1.54) is 5.56 Å². The lowest BCUT2D eigenvalue weighted by Crippen LogP contribution is -2.33. The van der Waals surface area contributed by atoms with Crippen molar-refractivity contribution in [1.29, 1.82) is 0 Å². The van der Waals surface area contributed by atoms with E-state index < -0.39 is 0 Å². The molecule has 0 atom stereocenters. The van der Waals surface area contributed by atoms with Crippen LogP contribution in [0.25, 0.3) is 0 Å². The molecule has 5 heteroatoms. The van der Waals surface area contributed by atoms with Gasteiger partial charge >= 0.3 is 0 Å². The molecule has 3 nitrogen and oxygen atoms in total. The summed E-state index contributed by atoms with van der Waals surface area (Å²) in [5, 5.41) is 14.9. The molecule has 0 bridgehead atoms. The standard InChI is InChI=1S/C16H20ClN3S/c1-10(2)7-15-19-20-16(21-15)18-14-8-12(9-14)11-3-5-13(17)6-4-11/h3-6,10,12,14H,7-9H2,1-2H3,(H,18,20). The number of nitrogens with one attached hydrogen (secondary N) is 1. The van der Waals surface area contributed by atoms with Crippen molar-refractivity contribution in [3.63, 3.8) is 0 Å². The minimum absolute atomic E-state index is 0.519. The number of aromatic nitrogens is 2. The molecule has 1 aromatic carbocycles. The minimum Gasteiger partial charge on any atom is -0.357 e. The largest absolute Gasteiger partial charge is 0.357 e. The van der Waals surface area contributed by atoms with Crippen molar-refractivity contribution in [1.82, 2.24) is 10.2 Å². The first kappa shape index (κ1) is 14.8. The van der Waals surface area contributed by atoms with E-state index in [9.17, 15) is 0 Å². The molecule has 0 saturated heterocycles. The van der Waals surface area contributed by atoms with Crippen LogP contribution in [0.5, 0.6) is 0 Å². The van der Waals surface area contributed by atoms with Crippen LogP contribution in [0.4, 0.5) is 5.13 Å². The van der Waals surface area contributed by atoms with E-state index in [-0.39, 0.29) is 0 Å². The van der Waals surface area contributed by atoms with E-state index in [4.69, 9.17) is 11.6 Å². The number of hydrogen-bond donors (Lipinski definition) is 1. The molecule has 0 unspecified atom stereocenters. The second kappa shape index (κ2) is 6.32. The Labute approximate surface area is 134 Å². The number of anilines is 1. The van der Waals surface area contributed by atoms with E-state index in [0.717, 1.165) is 34.4 Å². The highest BCUT2D eigenvalue weighted by molar-refractivity contribution is 7.15. The van der Waals surface area contributed by atoms with Crippen LogP contribution >= 0.6 is 22.9 Å². The summed E-state index contributed by atoms with van der Waals surface area (Å²) in [5.74, 6) is 1.27.